The molecule has 1 aliphatic rings. The van der Waals surface area contributed by atoms with E-state index < -0.39 is 0 Å². The molecule has 0 bridgehead atoms. The number of nitrogens with zero attached hydrogens (tertiary/aromatic N) is 2. The Morgan fingerprint density at radius 3 is 2.86 bits per heavy atom. The van der Waals surface area contributed by atoms with Gasteiger partial charge in [0, 0.05) is 26.7 Å². The van der Waals surface area contributed by atoms with Crippen molar-refractivity contribution in [2.45, 2.75) is 6.54 Å². The van der Waals surface area contributed by atoms with Crippen LogP contribution in [0.25, 0.3) is 0 Å². The van der Waals surface area contributed by atoms with Gasteiger partial charge in [0.15, 0.2) is 5.96 Å². The van der Waals surface area contributed by atoms with Crippen molar-refractivity contribution in [3.63, 3.8) is 0 Å². The normalized spacial score (nSPS) is 18.6. The minimum Gasteiger partial charge on any atom is -0.354 e. The Morgan fingerprint density at radius 1 is 1.36 bits per heavy atom. The van der Waals surface area contributed by atoms with Gasteiger partial charge in [-0.25, -0.2) is 0 Å². The van der Waals surface area contributed by atoms with Crippen LogP contribution in [-0.2, 0) is 6.54 Å². The molecule has 0 radical (unpaired) electrons. The summed E-state index contributed by atoms with van der Waals surface area (Å²) in [4.78, 5) is 6.46. The topological polar surface area (TPSA) is 27.6 Å². The second kappa shape index (κ2) is 4.13. The summed E-state index contributed by atoms with van der Waals surface area (Å²) in [6, 6.07) is 10.5. The van der Waals surface area contributed by atoms with E-state index in [-0.39, 0.29) is 0 Å². The molecule has 1 fully saturated rings. The van der Waals surface area contributed by atoms with Gasteiger partial charge in [-0.15, -0.1) is 0 Å². The molecule has 1 aliphatic heterocycles. The molecule has 0 spiro atoms. The first-order valence-electron chi connectivity index (χ1n) is 4.89. The van der Waals surface area contributed by atoms with Crippen LogP contribution in [0.4, 0.5) is 0 Å². The first-order valence-corrected chi connectivity index (χ1v) is 4.89. The first kappa shape index (κ1) is 9.06. The highest BCUT2D eigenvalue weighted by Crippen LogP contribution is 2.06. The van der Waals surface area contributed by atoms with Crippen LogP contribution in [-0.4, -0.2) is 31.0 Å². The maximum absolute atomic E-state index is 4.20. The average Bonchev–Trinajstić information content (AvgIpc) is 2.67. The van der Waals surface area contributed by atoms with Crippen LogP contribution in [0.15, 0.2) is 35.3 Å². The summed E-state index contributed by atoms with van der Waals surface area (Å²) in [6.07, 6.45) is 0. The number of nitrogens with one attached hydrogen (secondary N) is 1. The van der Waals surface area contributed by atoms with E-state index in [1.807, 2.05) is 13.1 Å². The standard InChI is InChI=1S/C11H15N3/c1-12-11-13-7-8-14(11)9-10-5-3-2-4-6-10/h2-6H,7-9H2,1H3,(H,12,13). The lowest BCUT2D eigenvalue weighted by molar-refractivity contribution is 0.456. The fourth-order valence-corrected chi connectivity index (χ4v) is 1.70. The number of guanidine groups is 1. The van der Waals surface area contributed by atoms with Gasteiger partial charge in [-0.05, 0) is 5.56 Å². The quantitative estimate of drug-likeness (QED) is 0.754. The molecule has 1 saturated heterocycles. The largest absolute Gasteiger partial charge is 0.354 e. The molecule has 1 aromatic carbocycles. The summed E-state index contributed by atoms with van der Waals surface area (Å²) >= 11 is 0. The highest BCUT2D eigenvalue weighted by molar-refractivity contribution is 5.81. The highest BCUT2D eigenvalue weighted by atomic mass is 15.3. The molecule has 3 nitrogen and oxygen atoms in total. The van der Waals surface area contributed by atoms with E-state index >= 15 is 0 Å². The molecule has 0 amide bonds. The Labute approximate surface area is 84.5 Å². The fraction of sp³-hybridized carbons (Fsp3) is 0.364. The lowest BCUT2D eigenvalue weighted by atomic mass is 10.2. The smallest absolute Gasteiger partial charge is 0.194 e. The molecule has 0 aromatic heterocycles. The zero-order chi connectivity index (χ0) is 9.80. The van der Waals surface area contributed by atoms with Crippen molar-refractivity contribution in [3.05, 3.63) is 35.9 Å². The lowest BCUT2D eigenvalue weighted by Crippen LogP contribution is -2.29. The Bertz CT molecular complexity index is 319. The SMILES string of the molecule is CN=C1NCCN1Cc1ccccc1. The number of aliphatic imine (C=N–C) groups is 1. The summed E-state index contributed by atoms with van der Waals surface area (Å²) in [6.45, 7) is 2.99. The van der Waals surface area contributed by atoms with Crippen molar-refractivity contribution < 1.29 is 0 Å². The fourth-order valence-electron chi connectivity index (χ4n) is 1.70. The minimum atomic E-state index is 0.945. The van der Waals surface area contributed by atoms with Gasteiger partial charge in [0.1, 0.15) is 0 Å². The van der Waals surface area contributed by atoms with Gasteiger partial charge in [-0.3, -0.25) is 4.99 Å². The second-order valence-corrected chi connectivity index (χ2v) is 3.38. The molecule has 0 saturated carbocycles. The number of benzene rings is 1. The molecule has 0 unspecified atom stereocenters. The third-order valence-corrected chi connectivity index (χ3v) is 2.39. The molecule has 1 aromatic rings. The van der Waals surface area contributed by atoms with Gasteiger partial charge < -0.3 is 10.2 Å². The Balaban J connectivity index is 2.04. The molecule has 2 rings (SSSR count). The monoisotopic (exact) mass is 189 g/mol. The lowest BCUT2D eigenvalue weighted by Gasteiger charge is -2.16. The Morgan fingerprint density at radius 2 is 2.14 bits per heavy atom. The molecule has 0 atom stereocenters. The number of hydrogen-bond acceptors (Lipinski definition) is 1. The first-order chi connectivity index (χ1) is 6.90. The van der Waals surface area contributed by atoms with Gasteiger partial charge in [-0.1, -0.05) is 30.3 Å². The predicted octanol–water partition coefficient (Wildman–Crippen LogP) is 1.08. The number of hydrogen-bond donors (Lipinski definition) is 1. The Kier molecular flexibility index (Phi) is 2.68. The van der Waals surface area contributed by atoms with E-state index in [4.69, 9.17) is 0 Å². The van der Waals surface area contributed by atoms with E-state index in [9.17, 15) is 0 Å². The zero-order valence-corrected chi connectivity index (χ0v) is 8.40. The van der Waals surface area contributed by atoms with Crippen LogP contribution in [0.1, 0.15) is 5.56 Å². The summed E-state index contributed by atoms with van der Waals surface area (Å²) in [5.41, 5.74) is 1.33. The second-order valence-electron chi connectivity index (χ2n) is 3.38. The van der Waals surface area contributed by atoms with Gasteiger partial charge in [0.2, 0.25) is 0 Å². The van der Waals surface area contributed by atoms with Crippen molar-refractivity contribution in [2.75, 3.05) is 20.1 Å². The highest BCUT2D eigenvalue weighted by Gasteiger charge is 2.16. The molecule has 1 heterocycles. The summed E-state index contributed by atoms with van der Waals surface area (Å²) in [7, 11) is 1.83. The minimum absolute atomic E-state index is 0.945. The van der Waals surface area contributed by atoms with E-state index in [2.05, 4.69) is 39.5 Å². The van der Waals surface area contributed by atoms with Crippen molar-refractivity contribution in [2.24, 2.45) is 4.99 Å². The molecule has 0 aliphatic carbocycles. The van der Waals surface area contributed by atoms with Gasteiger partial charge in [0.25, 0.3) is 0 Å². The van der Waals surface area contributed by atoms with Crippen molar-refractivity contribution in [1.29, 1.82) is 0 Å². The molecule has 1 N–H and O–H groups in total. The number of rotatable bonds is 2. The van der Waals surface area contributed by atoms with Crippen molar-refractivity contribution in [1.82, 2.24) is 10.2 Å². The van der Waals surface area contributed by atoms with Crippen molar-refractivity contribution in [3.8, 4) is 0 Å². The third-order valence-electron chi connectivity index (χ3n) is 2.39. The van der Waals surface area contributed by atoms with E-state index in [1.165, 1.54) is 5.56 Å². The maximum Gasteiger partial charge on any atom is 0.194 e. The maximum atomic E-state index is 4.20. The molecule has 74 valence electrons. The molecular formula is C11H15N3. The molecule has 3 heteroatoms. The summed E-state index contributed by atoms with van der Waals surface area (Å²) in [5.74, 6) is 1.01. The predicted molar refractivity (Wildman–Crippen MR) is 58.2 cm³/mol. The van der Waals surface area contributed by atoms with E-state index in [1.54, 1.807) is 0 Å². The third kappa shape index (κ3) is 1.87. The van der Waals surface area contributed by atoms with Crippen LogP contribution in [0.3, 0.4) is 0 Å². The van der Waals surface area contributed by atoms with Crippen molar-refractivity contribution >= 4 is 5.96 Å². The molecular weight excluding hydrogens is 174 g/mol. The van der Waals surface area contributed by atoms with E-state index in [0.717, 1.165) is 25.6 Å². The van der Waals surface area contributed by atoms with Gasteiger partial charge in [0.05, 0.1) is 0 Å². The Hall–Kier alpha value is -1.51. The average molecular weight is 189 g/mol. The van der Waals surface area contributed by atoms with Crippen LogP contribution < -0.4 is 5.32 Å². The van der Waals surface area contributed by atoms with Crippen LogP contribution in [0, 0.1) is 0 Å². The zero-order valence-electron chi connectivity index (χ0n) is 8.40. The molecule has 14 heavy (non-hydrogen) atoms. The summed E-state index contributed by atoms with van der Waals surface area (Å²) in [5, 5.41) is 3.25. The van der Waals surface area contributed by atoms with E-state index in [0.29, 0.717) is 0 Å². The van der Waals surface area contributed by atoms with Gasteiger partial charge >= 0.3 is 0 Å². The summed E-state index contributed by atoms with van der Waals surface area (Å²) < 4.78 is 0. The van der Waals surface area contributed by atoms with Crippen LogP contribution in [0.2, 0.25) is 0 Å². The van der Waals surface area contributed by atoms with Crippen LogP contribution >= 0.6 is 0 Å². The van der Waals surface area contributed by atoms with Crippen LogP contribution in [0.5, 0.6) is 0 Å². The van der Waals surface area contributed by atoms with Gasteiger partial charge in [-0.2, -0.15) is 0 Å².